The number of carbonyl (C=O) groups is 1. The molecule has 1 aliphatic heterocycles. The number of nitrogens with zero attached hydrogens (tertiary/aromatic N) is 1. The van der Waals surface area contributed by atoms with Gasteiger partial charge < -0.3 is 14.2 Å². The van der Waals surface area contributed by atoms with Crippen molar-refractivity contribution >= 4 is 17.9 Å². The van der Waals surface area contributed by atoms with Crippen LogP contribution in [0.25, 0.3) is 6.08 Å². The van der Waals surface area contributed by atoms with Gasteiger partial charge in [-0.3, -0.25) is 0 Å². The Balaban J connectivity index is 1.54. The molecule has 0 saturated carbocycles. The zero-order chi connectivity index (χ0) is 20.9. The van der Waals surface area contributed by atoms with Crippen LogP contribution >= 0.6 is 0 Å². The van der Waals surface area contributed by atoms with Gasteiger partial charge in [0.1, 0.15) is 6.61 Å². The monoisotopic (exact) mass is 399 g/mol. The number of benzene rings is 3. The molecule has 0 saturated heterocycles. The van der Waals surface area contributed by atoms with E-state index in [9.17, 15) is 4.79 Å². The molecule has 0 atom stereocenters. The molecule has 3 aromatic carbocycles. The summed E-state index contributed by atoms with van der Waals surface area (Å²) in [5.74, 6) is 1.03. The van der Waals surface area contributed by atoms with Crippen LogP contribution in [0.2, 0.25) is 0 Å². The number of rotatable bonds is 6. The third-order valence-electron chi connectivity index (χ3n) is 4.61. The Bertz CT molecular complexity index is 1130. The fraction of sp³-hybridized carbons (Fsp3) is 0.120. The van der Waals surface area contributed by atoms with Gasteiger partial charge in [0.25, 0.3) is 0 Å². The first kappa shape index (κ1) is 19.5. The van der Waals surface area contributed by atoms with E-state index in [1.807, 2.05) is 73.7 Å². The summed E-state index contributed by atoms with van der Waals surface area (Å²) < 4.78 is 16.7. The van der Waals surface area contributed by atoms with Crippen LogP contribution in [0.1, 0.15) is 22.3 Å². The molecule has 30 heavy (non-hydrogen) atoms. The first-order valence-electron chi connectivity index (χ1n) is 9.57. The SMILES string of the molecule is COc1cc(/C=C2\N=C(c3ccccc3)OC2=O)ccc1OCc1cccc(C)c1. The van der Waals surface area contributed by atoms with Crippen molar-refractivity contribution in [3.63, 3.8) is 0 Å². The quantitative estimate of drug-likeness (QED) is 0.436. The smallest absolute Gasteiger partial charge is 0.363 e. The Hall–Kier alpha value is -3.86. The number of carbonyl (C=O) groups excluding carboxylic acids is 1. The molecule has 1 aliphatic rings. The molecule has 0 unspecified atom stereocenters. The minimum absolute atomic E-state index is 0.240. The van der Waals surface area contributed by atoms with Crippen molar-refractivity contribution < 1.29 is 19.0 Å². The van der Waals surface area contributed by atoms with Gasteiger partial charge in [0, 0.05) is 5.56 Å². The molecule has 0 aromatic heterocycles. The van der Waals surface area contributed by atoms with Crippen LogP contribution in [-0.2, 0) is 16.1 Å². The molecular formula is C25H21NO4. The highest BCUT2D eigenvalue weighted by Gasteiger charge is 2.24. The van der Waals surface area contributed by atoms with E-state index in [1.165, 1.54) is 5.56 Å². The van der Waals surface area contributed by atoms with Crippen LogP contribution in [0, 0.1) is 6.92 Å². The Morgan fingerprint density at radius 1 is 0.967 bits per heavy atom. The Labute approximate surface area is 175 Å². The molecule has 5 nitrogen and oxygen atoms in total. The molecule has 4 rings (SSSR count). The van der Waals surface area contributed by atoms with Crippen molar-refractivity contribution in [3.8, 4) is 11.5 Å². The van der Waals surface area contributed by atoms with E-state index in [2.05, 4.69) is 11.1 Å². The topological polar surface area (TPSA) is 57.1 Å². The molecule has 0 fully saturated rings. The number of aryl methyl sites for hydroxylation is 1. The second kappa shape index (κ2) is 8.66. The van der Waals surface area contributed by atoms with Crippen LogP contribution < -0.4 is 9.47 Å². The Kier molecular flexibility index (Phi) is 5.61. The zero-order valence-electron chi connectivity index (χ0n) is 16.8. The Morgan fingerprint density at radius 2 is 1.80 bits per heavy atom. The van der Waals surface area contributed by atoms with Gasteiger partial charge in [0.15, 0.2) is 17.2 Å². The summed E-state index contributed by atoms with van der Waals surface area (Å²) in [4.78, 5) is 16.5. The summed E-state index contributed by atoms with van der Waals surface area (Å²) in [6, 6.07) is 23.0. The lowest BCUT2D eigenvalue weighted by atomic mass is 10.1. The highest BCUT2D eigenvalue weighted by Crippen LogP contribution is 2.30. The summed E-state index contributed by atoms with van der Waals surface area (Å²) >= 11 is 0. The second-order valence-corrected chi connectivity index (χ2v) is 6.89. The predicted molar refractivity (Wildman–Crippen MR) is 116 cm³/mol. The minimum atomic E-state index is -0.479. The fourth-order valence-corrected chi connectivity index (χ4v) is 3.13. The molecule has 0 spiro atoms. The number of cyclic esters (lactones) is 1. The summed E-state index contributed by atoms with van der Waals surface area (Å²) in [5.41, 5.74) is 4.03. The van der Waals surface area contributed by atoms with Crippen molar-refractivity contribution in [3.05, 3.63) is 101 Å². The molecule has 0 radical (unpaired) electrons. The predicted octanol–water partition coefficient (Wildman–Crippen LogP) is 4.93. The molecule has 150 valence electrons. The van der Waals surface area contributed by atoms with Crippen LogP contribution in [0.15, 0.2) is 83.5 Å². The largest absolute Gasteiger partial charge is 0.493 e. The van der Waals surface area contributed by atoms with E-state index < -0.39 is 5.97 Å². The van der Waals surface area contributed by atoms with E-state index >= 15 is 0 Å². The average molecular weight is 399 g/mol. The van der Waals surface area contributed by atoms with E-state index in [-0.39, 0.29) is 5.70 Å². The normalized spacial score (nSPS) is 14.4. The molecule has 0 N–H and O–H groups in total. The molecule has 1 heterocycles. The van der Waals surface area contributed by atoms with Gasteiger partial charge in [-0.05, 0) is 48.4 Å². The maximum atomic E-state index is 12.2. The molecule has 0 aliphatic carbocycles. The van der Waals surface area contributed by atoms with Crippen molar-refractivity contribution in [2.75, 3.05) is 7.11 Å². The number of ether oxygens (including phenoxy) is 3. The van der Waals surface area contributed by atoms with Gasteiger partial charge >= 0.3 is 5.97 Å². The van der Waals surface area contributed by atoms with Crippen molar-refractivity contribution in [2.45, 2.75) is 13.5 Å². The third-order valence-corrected chi connectivity index (χ3v) is 4.61. The molecule has 3 aromatic rings. The maximum absolute atomic E-state index is 12.2. The van der Waals surface area contributed by atoms with Gasteiger partial charge in [0.2, 0.25) is 5.90 Å². The lowest BCUT2D eigenvalue weighted by Gasteiger charge is -2.12. The van der Waals surface area contributed by atoms with E-state index in [1.54, 1.807) is 13.2 Å². The molecule has 0 amide bonds. The summed E-state index contributed by atoms with van der Waals surface area (Å²) in [6.07, 6.45) is 1.67. The summed E-state index contributed by atoms with van der Waals surface area (Å²) in [6.45, 7) is 2.49. The zero-order valence-corrected chi connectivity index (χ0v) is 16.8. The summed E-state index contributed by atoms with van der Waals surface area (Å²) in [5, 5.41) is 0. The second-order valence-electron chi connectivity index (χ2n) is 6.89. The first-order chi connectivity index (χ1) is 14.6. The average Bonchev–Trinajstić information content (AvgIpc) is 3.13. The summed E-state index contributed by atoms with van der Waals surface area (Å²) in [7, 11) is 1.58. The lowest BCUT2D eigenvalue weighted by molar-refractivity contribution is -0.129. The fourth-order valence-electron chi connectivity index (χ4n) is 3.13. The van der Waals surface area contributed by atoms with E-state index in [0.29, 0.717) is 24.0 Å². The first-order valence-corrected chi connectivity index (χ1v) is 9.57. The van der Waals surface area contributed by atoms with Crippen LogP contribution in [0.3, 0.4) is 0 Å². The van der Waals surface area contributed by atoms with Crippen LogP contribution in [0.4, 0.5) is 0 Å². The molecule has 5 heteroatoms. The third kappa shape index (κ3) is 4.41. The van der Waals surface area contributed by atoms with Gasteiger partial charge in [-0.25, -0.2) is 9.79 Å². The lowest BCUT2D eigenvalue weighted by Crippen LogP contribution is -2.04. The van der Waals surface area contributed by atoms with Crippen LogP contribution in [-0.4, -0.2) is 19.0 Å². The van der Waals surface area contributed by atoms with Gasteiger partial charge in [0.05, 0.1) is 7.11 Å². The van der Waals surface area contributed by atoms with Gasteiger partial charge in [-0.15, -0.1) is 0 Å². The number of methoxy groups -OCH3 is 1. The number of hydrogen-bond donors (Lipinski definition) is 0. The standard InChI is InChI=1S/C25H21NO4/c1-17-7-6-8-19(13-17)16-29-22-12-11-18(15-23(22)28-2)14-21-25(27)30-24(26-21)20-9-4-3-5-10-20/h3-15H,16H2,1-2H3/b21-14-. The van der Waals surface area contributed by atoms with E-state index in [4.69, 9.17) is 14.2 Å². The highest BCUT2D eigenvalue weighted by atomic mass is 16.6. The molecular weight excluding hydrogens is 378 g/mol. The highest BCUT2D eigenvalue weighted by molar-refractivity contribution is 6.12. The number of aliphatic imine (C=N–C) groups is 1. The maximum Gasteiger partial charge on any atom is 0.363 e. The number of hydrogen-bond acceptors (Lipinski definition) is 5. The van der Waals surface area contributed by atoms with Gasteiger partial charge in [-0.1, -0.05) is 54.1 Å². The Morgan fingerprint density at radius 3 is 2.57 bits per heavy atom. The minimum Gasteiger partial charge on any atom is -0.493 e. The molecule has 0 bridgehead atoms. The van der Waals surface area contributed by atoms with Gasteiger partial charge in [-0.2, -0.15) is 0 Å². The van der Waals surface area contributed by atoms with E-state index in [0.717, 1.165) is 16.7 Å². The van der Waals surface area contributed by atoms with Crippen molar-refractivity contribution in [1.82, 2.24) is 0 Å². The van der Waals surface area contributed by atoms with Crippen molar-refractivity contribution in [1.29, 1.82) is 0 Å². The van der Waals surface area contributed by atoms with Crippen molar-refractivity contribution in [2.24, 2.45) is 4.99 Å². The van der Waals surface area contributed by atoms with Crippen LogP contribution in [0.5, 0.6) is 11.5 Å². The number of esters is 1.